The number of hydrogen-bond donors (Lipinski definition) is 0. The Balaban J connectivity index is 3.49. The van der Waals surface area contributed by atoms with Crippen LogP contribution in [-0.4, -0.2) is 22.6 Å². The number of rotatable bonds is 4. The average Bonchev–Trinajstić information content (AvgIpc) is 2.22. The van der Waals surface area contributed by atoms with Crippen LogP contribution in [0.25, 0.3) is 0 Å². The number of methoxy groups -OCH3 is 2. The molecule has 0 atom stereocenters. The highest BCUT2D eigenvalue weighted by Crippen LogP contribution is 2.36. The van der Waals surface area contributed by atoms with Crippen LogP contribution in [0, 0.1) is 13.8 Å². The first-order valence-electron chi connectivity index (χ1n) is 4.93. The van der Waals surface area contributed by atoms with Crippen LogP contribution in [0.2, 0.25) is 0 Å². The molecule has 0 saturated heterocycles. The van der Waals surface area contributed by atoms with Crippen LogP contribution in [0.15, 0.2) is 6.07 Å². The molecule has 0 amide bonds. The first-order chi connectivity index (χ1) is 7.80. The van der Waals surface area contributed by atoms with E-state index in [2.05, 4.69) is 0 Å². The van der Waals surface area contributed by atoms with Crippen LogP contribution < -0.4 is 9.47 Å². The maximum absolute atomic E-state index is 11.2. The average molecular weight is 279 g/mol. The summed E-state index contributed by atoms with van der Waals surface area (Å²) >= 11 is 0. The quantitative estimate of drug-likeness (QED) is 0.794. The lowest BCUT2D eigenvalue weighted by atomic mass is 10.0. The fraction of sp³-hybridized carbons (Fsp3) is 0.455. The van der Waals surface area contributed by atoms with Gasteiger partial charge in [-0.3, -0.25) is 0 Å². The third-order valence-corrected chi connectivity index (χ3v) is 3.59. The van der Waals surface area contributed by atoms with Gasteiger partial charge in [0, 0.05) is 16.2 Å². The Hall–Kier alpha value is -0.940. The van der Waals surface area contributed by atoms with E-state index in [0.717, 1.165) is 11.1 Å². The minimum absolute atomic E-state index is 0.276. The van der Waals surface area contributed by atoms with Crippen molar-refractivity contribution in [2.45, 2.75) is 19.6 Å². The number of aryl methyl sites for hydroxylation is 1. The molecule has 0 fully saturated rings. The molecule has 0 spiro atoms. The zero-order valence-corrected chi connectivity index (χ0v) is 11.8. The molecule has 1 aromatic carbocycles. The number of benzene rings is 1. The third-order valence-electron chi connectivity index (χ3n) is 2.63. The van der Waals surface area contributed by atoms with Gasteiger partial charge in [0.2, 0.25) is 9.05 Å². The lowest BCUT2D eigenvalue weighted by Gasteiger charge is -2.16. The summed E-state index contributed by atoms with van der Waals surface area (Å²) in [6.07, 6.45) is 0. The molecule has 0 heterocycles. The number of halogens is 1. The van der Waals surface area contributed by atoms with Gasteiger partial charge in [-0.05, 0) is 31.0 Å². The fourth-order valence-corrected chi connectivity index (χ4v) is 2.67. The fourth-order valence-electron chi connectivity index (χ4n) is 1.65. The molecule has 0 aliphatic carbocycles. The van der Waals surface area contributed by atoms with E-state index in [1.165, 1.54) is 14.2 Å². The van der Waals surface area contributed by atoms with Crippen molar-refractivity contribution in [2.24, 2.45) is 0 Å². The van der Waals surface area contributed by atoms with Gasteiger partial charge in [0.25, 0.3) is 0 Å². The van der Waals surface area contributed by atoms with Gasteiger partial charge >= 0.3 is 0 Å². The first-order valence-corrected chi connectivity index (χ1v) is 7.41. The highest BCUT2D eigenvalue weighted by Gasteiger charge is 2.19. The zero-order valence-electron chi connectivity index (χ0n) is 10.2. The Bertz CT molecular complexity index is 523. The smallest absolute Gasteiger partial charge is 0.236 e. The maximum atomic E-state index is 11.2. The van der Waals surface area contributed by atoms with Gasteiger partial charge in [-0.1, -0.05) is 0 Å². The van der Waals surface area contributed by atoms with Gasteiger partial charge in [-0.15, -0.1) is 0 Å². The van der Waals surface area contributed by atoms with E-state index in [9.17, 15) is 8.42 Å². The summed E-state index contributed by atoms with van der Waals surface area (Å²) in [7, 11) is 4.63. The lowest BCUT2D eigenvalue weighted by molar-refractivity contribution is 0.352. The molecular formula is C11H15ClO4S. The predicted octanol–water partition coefficient (Wildman–Crippen LogP) is 2.39. The first kappa shape index (κ1) is 14.1. The Morgan fingerprint density at radius 3 is 2.24 bits per heavy atom. The maximum Gasteiger partial charge on any atom is 0.236 e. The van der Waals surface area contributed by atoms with E-state index in [1.807, 2.05) is 13.8 Å². The van der Waals surface area contributed by atoms with Crippen LogP contribution in [0.5, 0.6) is 11.5 Å². The third kappa shape index (κ3) is 3.26. The zero-order chi connectivity index (χ0) is 13.2. The van der Waals surface area contributed by atoms with E-state index in [4.69, 9.17) is 20.2 Å². The molecule has 96 valence electrons. The van der Waals surface area contributed by atoms with Gasteiger partial charge in [0.15, 0.2) is 11.5 Å². The molecule has 0 aliphatic heterocycles. The van der Waals surface area contributed by atoms with Gasteiger partial charge < -0.3 is 9.47 Å². The van der Waals surface area contributed by atoms with E-state index < -0.39 is 9.05 Å². The molecule has 0 radical (unpaired) electrons. The number of ether oxygens (including phenoxy) is 2. The normalized spacial score (nSPS) is 11.4. The highest BCUT2D eigenvalue weighted by molar-refractivity contribution is 8.13. The molecule has 0 unspecified atom stereocenters. The molecule has 0 N–H and O–H groups in total. The van der Waals surface area contributed by atoms with Crippen molar-refractivity contribution < 1.29 is 17.9 Å². The monoisotopic (exact) mass is 278 g/mol. The summed E-state index contributed by atoms with van der Waals surface area (Å²) < 4.78 is 32.8. The van der Waals surface area contributed by atoms with Crippen LogP contribution in [0.4, 0.5) is 0 Å². The minimum atomic E-state index is -3.64. The highest BCUT2D eigenvalue weighted by atomic mass is 35.7. The second kappa shape index (κ2) is 5.14. The van der Waals surface area contributed by atoms with Crippen molar-refractivity contribution in [2.75, 3.05) is 14.2 Å². The van der Waals surface area contributed by atoms with Crippen LogP contribution in [0.1, 0.15) is 16.7 Å². The largest absolute Gasteiger partial charge is 0.493 e. The molecule has 1 rings (SSSR count). The molecule has 0 bridgehead atoms. The van der Waals surface area contributed by atoms with Crippen molar-refractivity contribution in [1.82, 2.24) is 0 Å². The van der Waals surface area contributed by atoms with Crippen molar-refractivity contribution in [3.8, 4) is 11.5 Å². The number of hydrogen-bond acceptors (Lipinski definition) is 4. The van der Waals surface area contributed by atoms with Gasteiger partial charge in [0.05, 0.1) is 20.0 Å². The molecule has 0 aromatic heterocycles. The summed E-state index contributed by atoms with van der Waals surface area (Å²) in [6, 6.07) is 1.80. The summed E-state index contributed by atoms with van der Waals surface area (Å²) in [6.45, 7) is 3.70. The molecule has 1 aromatic rings. The summed E-state index contributed by atoms with van der Waals surface area (Å²) in [5.74, 6) is 0.646. The van der Waals surface area contributed by atoms with Crippen molar-refractivity contribution in [1.29, 1.82) is 0 Å². The van der Waals surface area contributed by atoms with E-state index in [0.29, 0.717) is 17.1 Å². The van der Waals surface area contributed by atoms with Crippen LogP contribution in [0.3, 0.4) is 0 Å². The van der Waals surface area contributed by atoms with Crippen molar-refractivity contribution in [3.05, 3.63) is 22.8 Å². The Kier molecular flexibility index (Phi) is 4.27. The molecular weight excluding hydrogens is 264 g/mol. The van der Waals surface area contributed by atoms with Crippen molar-refractivity contribution in [3.63, 3.8) is 0 Å². The summed E-state index contributed by atoms with van der Waals surface area (Å²) in [5.41, 5.74) is 2.31. The second-order valence-corrected chi connectivity index (χ2v) is 6.49. The van der Waals surface area contributed by atoms with Gasteiger partial charge in [-0.2, -0.15) is 0 Å². The van der Waals surface area contributed by atoms with E-state index >= 15 is 0 Å². The SMILES string of the molecule is COc1cc(C)c(C)c(CS(=O)(=O)Cl)c1OC. The Morgan fingerprint density at radius 1 is 1.24 bits per heavy atom. The second-order valence-electron chi connectivity index (χ2n) is 3.72. The summed E-state index contributed by atoms with van der Waals surface area (Å²) in [4.78, 5) is 0. The van der Waals surface area contributed by atoms with Gasteiger partial charge in [-0.25, -0.2) is 8.42 Å². The van der Waals surface area contributed by atoms with E-state index in [-0.39, 0.29) is 5.75 Å². The van der Waals surface area contributed by atoms with Crippen LogP contribution in [-0.2, 0) is 14.8 Å². The van der Waals surface area contributed by atoms with Gasteiger partial charge in [0.1, 0.15) is 0 Å². The topological polar surface area (TPSA) is 52.6 Å². The Morgan fingerprint density at radius 2 is 1.82 bits per heavy atom. The Labute approximate surface area is 106 Å². The standard InChI is InChI=1S/C11H15ClO4S/c1-7-5-10(15-3)11(16-4)9(8(7)2)6-17(12,13)14/h5H,6H2,1-4H3. The summed E-state index contributed by atoms with van der Waals surface area (Å²) in [5, 5.41) is 0. The molecule has 17 heavy (non-hydrogen) atoms. The minimum Gasteiger partial charge on any atom is -0.493 e. The molecule has 0 saturated carbocycles. The predicted molar refractivity (Wildman–Crippen MR) is 67.5 cm³/mol. The molecule has 0 aliphatic rings. The van der Waals surface area contributed by atoms with E-state index in [1.54, 1.807) is 6.07 Å². The van der Waals surface area contributed by atoms with Crippen molar-refractivity contribution >= 4 is 19.7 Å². The molecule has 4 nitrogen and oxygen atoms in total. The van der Waals surface area contributed by atoms with Crippen LogP contribution >= 0.6 is 10.7 Å². The lowest BCUT2D eigenvalue weighted by Crippen LogP contribution is -2.04. The molecule has 6 heteroatoms.